The first-order valence-electron chi connectivity index (χ1n) is 34.2. The van der Waals surface area contributed by atoms with Crippen molar-refractivity contribution >= 4 is 94.8 Å². The van der Waals surface area contributed by atoms with Crippen LogP contribution in [0, 0.1) is 20.2 Å². The van der Waals surface area contributed by atoms with Crippen molar-refractivity contribution in [2.45, 2.75) is 13.8 Å². The van der Waals surface area contributed by atoms with Crippen molar-refractivity contribution in [2.75, 3.05) is 4.90 Å². The Bertz CT molecular complexity index is 5810. The van der Waals surface area contributed by atoms with Crippen LogP contribution in [0.15, 0.2) is 297 Å². The molecule has 4 aromatic heterocycles. The summed E-state index contributed by atoms with van der Waals surface area (Å²) >= 11 is 0. The Hall–Kier alpha value is -11.5. The minimum atomic E-state index is -0.578. The number of imidazole rings is 1. The van der Waals surface area contributed by atoms with E-state index in [1.54, 1.807) is 22.8 Å². The van der Waals surface area contributed by atoms with Crippen molar-refractivity contribution in [2.24, 2.45) is 0 Å². The van der Waals surface area contributed by atoms with Gasteiger partial charge in [0, 0.05) is 51.2 Å². The molecule has 8 heteroatoms. The first-order chi connectivity index (χ1) is 47.7. The second-order valence-electron chi connectivity index (χ2n) is 22.2. The molecular formula is C80H55BN6O. The molecule has 1 aliphatic heterocycles. The molecule has 88 heavy (non-hydrogen) atoms. The average Bonchev–Trinajstić information content (AvgIpc) is 1.22. The van der Waals surface area contributed by atoms with Gasteiger partial charge in [0.15, 0.2) is 5.75 Å². The molecule has 1 aliphatic rings. The predicted molar refractivity (Wildman–Crippen MR) is 363 cm³/mol. The maximum absolute atomic E-state index is 9.23. The van der Waals surface area contributed by atoms with Crippen molar-refractivity contribution < 1.29 is 23.0 Å². The third-order valence-corrected chi connectivity index (χ3v) is 17.3. The minimum Gasteiger partial charge on any atom is -0.456 e. The zero-order valence-electron chi connectivity index (χ0n) is 57.7. The summed E-state index contributed by atoms with van der Waals surface area (Å²) in [5, 5.41) is 4.14. The largest absolute Gasteiger partial charge is 0.456 e. The summed E-state index contributed by atoms with van der Waals surface area (Å²) in [6.45, 7) is 4.42. The molecule has 16 aromatic rings. The van der Waals surface area contributed by atoms with Crippen LogP contribution < -0.4 is 30.6 Å². The molecule has 12 aromatic carbocycles. The normalized spacial score (nSPS) is 13.8. The van der Waals surface area contributed by atoms with Crippen LogP contribution in [0.25, 0.3) is 99.8 Å². The van der Waals surface area contributed by atoms with Gasteiger partial charge in [0.05, 0.1) is 69.6 Å². The van der Waals surface area contributed by atoms with E-state index in [0.29, 0.717) is 34.0 Å². The number of ether oxygens (including phenoxy) is 1. The number of rotatable bonds is 10. The van der Waals surface area contributed by atoms with E-state index in [1.807, 2.05) is 71.4 Å². The number of fused-ring (bicyclic) bond motifs is 9. The number of aromatic nitrogens is 5. The lowest BCUT2D eigenvalue weighted by atomic mass is 9.34. The number of hydrogen-bond donors (Lipinski definition) is 0. The second kappa shape index (κ2) is 20.6. The molecule has 414 valence electrons. The maximum Gasteiger partial charge on any atom is 0.269 e. The Kier molecular flexibility index (Phi) is 9.74. The van der Waals surface area contributed by atoms with Gasteiger partial charge in [-0.05, 0) is 108 Å². The summed E-state index contributed by atoms with van der Waals surface area (Å²) in [6, 6.07) is 72.3. The fourth-order valence-corrected chi connectivity index (χ4v) is 13.6. The summed E-state index contributed by atoms with van der Waals surface area (Å²) in [4.78, 5) is 7.58. The lowest BCUT2D eigenvalue weighted by molar-refractivity contribution is -0.571. The standard InChI is InChI=1S/C80H55BN6O/c1-53-24-21-25-54(2)79(53)81-66-37-12-17-42-71(66)85(72-43-18-13-38-67(72)81)58-46-47-82-78(49-58)87-70-41-16-11-34-64(70)65-50-76(86-68-39-14-9-32-62(68)63-33-10-15-40-69(63)86)77(51-75(65)87)88-59-31-22-30-57(48-59)83-52-84(74-45-20-19-44-73(74)83)80-60(55-26-5-3-6-27-55)35-23-36-61(80)56-28-7-4-8-29-56/h3-51H,1-2H3/i3D,4D,5D,6D,7D,8D,26D,27D,28D,29D. The van der Waals surface area contributed by atoms with Gasteiger partial charge in [-0.25, -0.2) is 4.98 Å². The molecule has 0 bridgehead atoms. The van der Waals surface area contributed by atoms with Gasteiger partial charge in [0.2, 0.25) is 6.71 Å². The third-order valence-electron chi connectivity index (χ3n) is 17.3. The molecule has 0 unspecified atom stereocenters. The number of anilines is 3. The maximum atomic E-state index is 9.23. The van der Waals surface area contributed by atoms with Crippen molar-refractivity contribution in [3.63, 3.8) is 0 Å². The van der Waals surface area contributed by atoms with Crippen LogP contribution >= 0.6 is 0 Å². The smallest absolute Gasteiger partial charge is 0.269 e. The van der Waals surface area contributed by atoms with Crippen LogP contribution in [0.3, 0.4) is 0 Å². The molecule has 0 N–H and O–H groups in total. The lowest BCUT2D eigenvalue weighted by Crippen LogP contribution is -2.58. The topological polar surface area (TPSA) is 44.0 Å². The third kappa shape index (κ3) is 8.14. The van der Waals surface area contributed by atoms with Crippen molar-refractivity contribution in [1.29, 1.82) is 0 Å². The van der Waals surface area contributed by atoms with Crippen LogP contribution in [0.5, 0.6) is 11.5 Å². The van der Waals surface area contributed by atoms with Crippen LogP contribution in [0.2, 0.25) is 0 Å². The highest BCUT2D eigenvalue weighted by Crippen LogP contribution is 2.44. The number of pyridine rings is 1. The molecule has 0 saturated carbocycles. The number of nitrogens with zero attached hydrogens (tertiary/aromatic N) is 6. The van der Waals surface area contributed by atoms with Crippen molar-refractivity contribution in [3.05, 3.63) is 315 Å². The van der Waals surface area contributed by atoms with Crippen LogP contribution in [0.4, 0.5) is 17.1 Å². The second-order valence-corrected chi connectivity index (χ2v) is 22.2. The van der Waals surface area contributed by atoms with E-state index >= 15 is 0 Å². The van der Waals surface area contributed by atoms with Gasteiger partial charge in [-0.1, -0.05) is 235 Å². The zero-order valence-corrected chi connectivity index (χ0v) is 47.7. The van der Waals surface area contributed by atoms with Gasteiger partial charge < -0.3 is 14.2 Å². The molecular weight excluding hydrogens is 1070 g/mol. The summed E-state index contributed by atoms with van der Waals surface area (Å²) < 4.78 is 104. The number of hydrogen-bond acceptors (Lipinski definition) is 3. The zero-order chi connectivity index (χ0) is 67.1. The highest BCUT2D eigenvalue weighted by Gasteiger charge is 2.37. The van der Waals surface area contributed by atoms with Gasteiger partial charge in [0.1, 0.15) is 11.6 Å². The Morgan fingerprint density at radius 3 is 1.65 bits per heavy atom. The van der Waals surface area contributed by atoms with Crippen LogP contribution in [-0.2, 0) is 0 Å². The first-order valence-corrected chi connectivity index (χ1v) is 29.2. The Balaban J connectivity index is 0.860. The molecule has 0 radical (unpaired) electrons. The highest BCUT2D eigenvalue weighted by atomic mass is 16.5. The molecule has 7 nitrogen and oxygen atoms in total. The Morgan fingerprint density at radius 2 is 1.00 bits per heavy atom. The molecule has 0 saturated heterocycles. The molecule has 5 heterocycles. The fraction of sp³-hybridized carbons (Fsp3) is 0.0250. The van der Waals surface area contributed by atoms with Crippen molar-refractivity contribution in [3.8, 4) is 56.6 Å². The monoisotopic (exact) mass is 1140 g/mol. The molecule has 0 spiro atoms. The van der Waals surface area contributed by atoms with E-state index in [1.165, 1.54) is 27.5 Å². The van der Waals surface area contributed by atoms with E-state index in [-0.39, 0.29) is 34.7 Å². The minimum absolute atomic E-state index is 0.0101. The Labute approximate surface area is 524 Å². The number of benzene rings is 12. The molecule has 0 aliphatic carbocycles. The molecule has 0 fully saturated rings. The Morgan fingerprint density at radius 1 is 0.455 bits per heavy atom. The predicted octanol–water partition coefficient (Wildman–Crippen LogP) is 17.3. The van der Waals surface area contributed by atoms with Gasteiger partial charge in [-0.2, -0.15) is 0 Å². The van der Waals surface area contributed by atoms with Gasteiger partial charge in [-0.15, -0.1) is 0 Å². The van der Waals surface area contributed by atoms with E-state index in [2.05, 4.69) is 186 Å². The fourth-order valence-electron chi connectivity index (χ4n) is 13.6. The van der Waals surface area contributed by atoms with Crippen molar-refractivity contribution in [1.82, 2.24) is 18.7 Å². The number of aryl methyl sites for hydroxylation is 2. The summed E-state index contributed by atoms with van der Waals surface area (Å²) in [5.74, 6) is 1.69. The summed E-state index contributed by atoms with van der Waals surface area (Å²) in [6.07, 6.45) is 5.43. The van der Waals surface area contributed by atoms with E-state index < -0.39 is 60.4 Å². The first kappa shape index (κ1) is 41.5. The van der Waals surface area contributed by atoms with Gasteiger partial charge in [-0.3, -0.25) is 13.7 Å². The van der Waals surface area contributed by atoms with Gasteiger partial charge >= 0.3 is 0 Å². The molecule has 17 rings (SSSR count). The average molecular weight is 1140 g/mol. The highest BCUT2D eigenvalue weighted by molar-refractivity contribution is 6.98. The summed E-state index contributed by atoms with van der Waals surface area (Å²) in [7, 11) is 0. The molecule has 0 amide bonds. The quantitative estimate of drug-likeness (QED) is 0.0779. The van der Waals surface area contributed by atoms with E-state index in [4.69, 9.17) is 17.9 Å². The van der Waals surface area contributed by atoms with E-state index in [9.17, 15) is 5.48 Å². The van der Waals surface area contributed by atoms with E-state index in [0.717, 1.165) is 66.4 Å². The van der Waals surface area contributed by atoms with Crippen LogP contribution in [-0.4, -0.2) is 25.4 Å². The molecule has 0 atom stereocenters. The summed E-state index contributed by atoms with van der Waals surface area (Å²) in [5.41, 5.74) is 15.8. The number of para-hydroxylation sites is 8. The SMILES string of the molecule is [2H]c1c([2H])c([2H])c(-c2cccc(-c3c([2H])c([2H])c([2H])c([2H])c3[2H])c2-[n+]2[c-]n(-c3cccc(Oc4cc5c(cc4-n4c6ccccc6c6ccccc64)c4ccccc4n5-c4cc(N5c6ccccc6B(c6c(C)cccc6C)c6ccccc65)ccn4)c3)c3ccccc32)c([2H])c1[2H]. The van der Waals surface area contributed by atoms with Gasteiger partial charge in [0.25, 0.3) is 6.33 Å². The van der Waals surface area contributed by atoms with Crippen LogP contribution in [0.1, 0.15) is 24.8 Å². The lowest BCUT2D eigenvalue weighted by Gasteiger charge is -2.37.